The van der Waals surface area contributed by atoms with Crippen molar-refractivity contribution in [1.82, 2.24) is 10.1 Å². The van der Waals surface area contributed by atoms with Gasteiger partial charge in [0, 0.05) is 5.56 Å². The van der Waals surface area contributed by atoms with Crippen molar-refractivity contribution in [2.75, 3.05) is 34.0 Å². The summed E-state index contributed by atoms with van der Waals surface area (Å²) >= 11 is 0. The van der Waals surface area contributed by atoms with Gasteiger partial charge < -0.3 is 32.9 Å². The van der Waals surface area contributed by atoms with Crippen LogP contribution in [-0.2, 0) is 11.3 Å². The quantitative estimate of drug-likeness (QED) is 0.354. The third-order valence-electron chi connectivity index (χ3n) is 4.58. The molecule has 0 atom stereocenters. The van der Waals surface area contributed by atoms with E-state index in [1.54, 1.807) is 37.4 Å². The zero-order valence-corrected chi connectivity index (χ0v) is 19.9. The maximum atomic E-state index is 12.7. The number of hydrogen-bond acceptors (Lipinski definition) is 10. The van der Waals surface area contributed by atoms with Crippen LogP contribution in [0.3, 0.4) is 0 Å². The Morgan fingerprint density at radius 3 is 2.09 bits per heavy atom. The van der Waals surface area contributed by atoms with Gasteiger partial charge in [0.05, 0.1) is 39.6 Å². The highest BCUT2D eigenvalue weighted by atomic mass is 16.6. The maximum absolute atomic E-state index is 12.7. The number of nitrogens with zero attached hydrogens (tertiary/aromatic N) is 2. The van der Waals surface area contributed by atoms with Gasteiger partial charge in [-0.2, -0.15) is 4.98 Å². The largest absolute Gasteiger partial charge is 0.493 e. The molecule has 34 heavy (non-hydrogen) atoms. The SMILES string of the molecule is CCOc1cc(C(=O)OCc2nc(-c3ccc(OC)c(OC)c3)no2)cc(OCC)c1OCC. The molecule has 0 unspecified atom stereocenters. The summed E-state index contributed by atoms with van der Waals surface area (Å²) in [6.07, 6.45) is 0. The molecule has 0 saturated heterocycles. The molecule has 10 nitrogen and oxygen atoms in total. The van der Waals surface area contributed by atoms with Crippen LogP contribution in [0.15, 0.2) is 34.9 Å². The lowest BCUT2D eigenvalue weighted by Gasteiger charge is -2.16. The third kappa shape index (κ3) is 5.69. The smallest absolute Gasteiger partial charge is 0.338 e. The van der Waals surface area contributed by atoms with Gasteiger partial charge in [-0.1, -0.05) is 5.16 Å². The average molecular weight is 472 g/mol. The van der Waals surface area contributed by atoms with Gasteiger partial charge in [0.1, 0.15) is 0 Å². The van der Waals surface area contributed by atoms with Crippen molar-refractivity contribution in [2.24, 2.45) is 0 Å². The van der Waals surface area contributed by atoms with Crippen molar-refractivity contribution in [3.63, 3.8) is 0 Å². The van der Waals surface area contributed by atoms with E-state index in [0.29, 0.717) is 60.0 Å². The lowest BCUT2D eigenvalue weighted by molar-refractivity contribution is 0.0428. The van der Waals surface area contributed by atoms with Crippen LogP contribution in [0.2, 0.25) is 0 Å². The van der Waals surface area contributed by atoms with E-state index in [-0.39, 0.29) is 18.1 Å². The van der Waals surface area contributed by atoms with Crippen molar-refractivity contribution in [2.45, 2.75) is 27.4 Å². The van der Waals surface area contributed by atoms with Crippen LogP contribution in [0, 0.1) is 0 Å². The van der Waals surface area contributed by atoms with Gasteiger partial charge in [-0.05, 0) is 51.1 Å². The van der Waals surface area contributed by atoms with Crippen LogP contribution >= 0.6 is 0 Å². The fourth-order valence-corrected chi connectivity index (χ4v) is 3.12. The minimum Gasteiger partial charge on any atom is -0.493 e. The fourth-order valence-electron chi connectivity index (χ4n) is 3.12. The number of ether oxygens (including phenoxy) is 6. The molecule has 0 radical (unpaired) electrons. The number of rotatable bonds is 12. The van der Waals surface area contributed by atoms with Crippen molar-refractivity contribution in [3.05, 3.63) is 41.8 Å². The lowest BCUT2D eigenvalue weighted by atomic mass is 10.2. The van der Waals surface area contributed by atoms with E-state index in [1.165, 1.54) is 7.11 Å². The van der Waals surface area contributed by atoms with Crippen LogP contribution < -0.4 is 23.7 Å². The van der Waals surface area contributed by atoms with Crippen molar-refractivity contribution in [1.29, 1.82) is 0 Å². The number of carbonyl (C=O) groups excluding carboxylic acids is 1. The van der Waals surface area contributed by atoms with E-state index in [2.05, 4.69) is 10.1 Å². The van der Waals surface area contributed by atoms with E-state index in [0.717, 1.165) is 0 Å². The molecule has 0 N–H and O–H groups in total. The average Bonchev–Trinajstić information content (AvgIpc) is 3.33. The summed E-state index contributed by atoms with van der Waals surface area (Å²) in [5, 5.41) is 3.95. The molecule has 0 aliphatic heterocycles. The molecule has 1 aromatic heterocycles. The molecule has 0 aliphatic rings. The topological polar surface area (TPSA) is 111 Å². The van der Waals surface area contributed by atoms with E-state index in [9.17, 15) is 4.79 Å². The molecule has 182 valence electrons. The minimum absolute atomic E-state index is 0.138. The van der Waals surface area contributed by atoms with E-state index in [1.807, 2.05) is 20.8 Å². The molecular weight excluding hydrogens is 444 g/mol. The van der Waals surface area contributed by atoms with Crippen molar-refractivity contribution in [3.8, 4) is 40.1 Å². The first-order valence-corrected chi connectivity index (χ1v) is 10.8. The highest BCUT2D eigenvalue weighted by Gasteiger charge is 2.20. The number of carbonyl (C=O) groups is 1. The van der Waals surface area contributed by atoms with Gasteiger partial charge in [-0.15, -0.1) is 0 Å². The summed E-state index contributed by atoms with van der Waals surface area (Å²) in [7, 11) is 3.09. The van der Waals surface area contributed by atoms with Crippen LogP contribution in [-0.4, -0.2) is 50.2 Å². The predicted octanol–water partition coefficient (Wildman–Crippen LogP) is 4.31. The highest BCUT2D eigenvalue weighted by molar-refractivity contribution is 5.91. The second-order valence-electron chi connectivity index (χ2n) is 6.76. The summed E-state index contributed by atoms with van der Waals surface area (Å²) in [6, 6.07) is 8.35. The van der Waals surface area contributed by atoms with Gasteiger partial charge in [0.2, 0.25) is 11.6 Å². The predicted molar refractivity (Wildman–Crippen MR) is 122 cm³/mol. The normalized spacial score (nSPS) is 10.5. The van der Waals surface area contributed by atoms with Crippen LogP contribution in [0.25, 0.3) is 11.4 Å². The standard InChI is InChI=1S/C24H28N2O8/c1-6-30-19-12-16(13-20(31-7-2)22(19)32-8-3)24(27)33-14-21-25-23(26-34-21)15-9-10-17(28-4)18(11-15)29-5/h9-13H,6-8,14H2,1-5H3. The second kappa shape index (κ2) is 11.8. The molecule has 0 saturated carbocycles. The Morgan fingerprint density at radius 2 is 1.50 bits per heavy atom. The molecule has 0 bridgehead atoms. The van der Waals surface area contributed by atoms with E-state index in [4.69, 9.17) is 32.9 Å². The molecule has 3 rings (SSSR count). The molecule has 1 heterocycles. The van der Waals surface area contributed by atoms with Crippen LogP contribution in [0.1, 0.15) is 37.0 Å². The Kier molecular flexibility index (Phi) is 8.55. The van der Waals surface area contributed by atoms with Crippen LogP contribution in [0.4, 0.5) is 0 Å². The maximum Gasteiger partial charge on any atom is 0.338 e. The minimum atomic E-state index is -0.601. The Morgan fingerprint density at radius 1 is 0.853 bits per heavy atom. The Bertz CT molecular complexity index is 1090. The summed E-state index contributed by atoms with van der Waals surface area (Å²) in [5.41, 5.74) is 0.906. The fraction of sp³-hybridized carbons (Fsp3) is 0.375. The Hall–Kier alpha value is -3.95. The molecular formula is C24H28N2O8. The first kappa shape index (κ1) is 24.7. The molecule has 10 heteroatoms. The molecule has 0 aliphatic carbocycles. The van der Waals surface area contributed by atoms with Crippen molar-refractivity contribution < 1.29 is 37.7 Å². The second-order valence-corrected chi connectivity index (χ2v) is 6.76. The summed E-state index contributed by atoms with van der Waals surface area (Å²) in [5.74, 6) is 2.21. The third-order valence-corrected chi connectivity index (χ3v) is 4.58. The number of benzene rings is 2. The monoisotopic (exact) mass is 472 g/mol. The van der Waals surface area contributed by atoms with Gasteiger partial charge in [0.25, 0.3) is 5.89 Å². The first-order valence-electron chi connectivity index (χ1n) is 10.8. The molecule has 0 spiro atoms. The number of aromatic nitrogens is 2. The van der Waals surface area contributed by atoms with Crippen molar-refractivity contribution >= 4 is 5.97 Å². The van der Waals surface area contributed by atoms with Gasteiger partial charge in [-0.25, -0.2) is 4.79 Å². The highest BCUT2D eigenvalue weighted by Crippen LogP contribution is 2.39. The summed E-state index contributed by atoms with van der Waals surface area (Å²) < 4.78 is 38.1. The zero-order valence-electron chi connectivity index (χ0n) is 19.9. The van der Waals surface area contributed by atoms with Crippen LogP contribution in [0.5, 0.6) is 28.7 Å². The summed E-state index contributed by atoms with van der Waals surface area (Å²) in [4.78, 5) is 17.0. The summed E-state index contributed by atoms with van der Waals surface area (Å²) in [6.45, 7) is 6.54. The van der Waals surface area contributed by atoms with E-state index < -0.39 is 5.97 Å². The Labute approximate surface area is 197 Å². The molecule has 3 aromatic rings. The lowest BCUT2D eigenvalue weighted by Crippen LogP contribution is -2.09. The van der Waals surface area contributed by atoms with Gasteiger partial charge >= 0.3 is 5.97 Å². The van der Waals surface area contributed by atoms with Gasteiger partial charge in [-0.3, -0.25) is 0 Å². The van der Waals surface area contributed by atoms with E-state index >= 15 is 0 Å². The zero-order chi connectivity index (χ0) is 24.5. The number of methoxy groups -OCH3 is 2. The first-order chi connectivity index (χ1) is 16.5. The molecule has 0 fully saturated rings. The molecule has 2 aromatic carbocycles. The Balaban J connectivity index is 1.75. The number of hydrogen-bond donors (Lipinski definition) is 0. The van der Waals surface area contributed by atoms with Gasteiger partial charge in [0.15, 0.2) is 29.6 Å². The number of esters is 1. The molecule has 0 amide bonds.